The second-order valence-electron chi connectivity index (χ2n) is 8.69. The molecule has 1 aromatic heterocycles. The Bertz CT molecular complexity index is 693. The molecular formula is C20H34N6O3. The molecule has 29 heavy (non-hydrogen) atoms. The SMILES string of the molecule is CC(C)CC(O)N1CCC(Nc2nc(N[C@@H]3CC[C@@H](O)C3)ncc2C(N)=O)CC1. The number of carbonyl (C=O) groups excluding carboxylic acids is 1. The van der Waals surface area contributed by atoms with Gasteiger partial charge in [-0.3, -0.25) is 9.69 Å². The first-order chi connectivity index (χ1) is 13.8. The van der Waals surface area contributed by atoms with Crippen LogP contribution in [0.3, 0.4) is 0 Å². The predicted octanol–water partition coefficient (Wildman–Crippen LogP) is 1.14. The van der Waals surface area contributed by atoms with Gasteiger partial charge in [-0.25, -0.2) is 4.98 Å². The second kappa shape index (κ2) is 9.69. The molecule has 1 unspecified atom stereocenters. The maximum atomic E-state index is 11.8. The highest BCUT2D eigenvalue weighted by atomic mass is 16.3. The van der Waals surface area contributed by atoms with Gasteiger partial charge in [0.05, 0.1) is 11.7 Å². The number of amides is 1. The van der Waals surface area contributed by atoms with Crippen molar-refractivity contribution < 1.29 is 15.0 Å². The topological polar surface area (TPSA) is 137 Å². The van der Waals surface area contributed by atoms with Crippen LogP contribution in [0.4, 0.5) is 11.8 Å². The van der Waals surface area contributed by atoms with Crippen molar-refractivity contribution in [1.82, 2.24) is 14.9 Å². The van der Waals surface area contributed by atoms with Crippen LogP contribution in [-0.2, 0) is 0 Å². The number of piperidine rings is 1. The highest BCUT2D eigenvalue weighted by Crippen LogP contribution is 2.24. The average molecular weight is 407 g/mol. The molecule has 2 aliphatic rings. The molecule has 1 aromatic rings. The van der Waals surface area contributed by atoms with Gasteiger partial charge >= 0.3 is 0 Å². The zero-order chi connectivity index (χ0) is 21.0. The first kappa shape index (κ1) is 21.7. The van der Waals surface area contributed by atoms with E-state index >= 15 is 0 Å². The Kier molecular flexibility index (Phi) is 7.26. The lowest BCUT2D eigenvalue weighted by molar-refractivity contribution is -0.0225. The van der Waals surface area contributed by atoms with Gasteiger partial charge in [0.2, 0.25) is 5.95 Å². The van der Waals surface area contributed by atoms with E-state index in [9.17, 15) is 15.0 Å². The average Bonchev–Trinajstić information content (AvgIpc) is 3.06. The zero-order valence-electron chi connectivity index (χ0n) is 17.3. The number of carbonyl (C=O) groups is 1. The van der Waals surface area contributed by atoms with Crippen LogP contribution in [0.5, 0.6) is 0 Å². The molecule has 6 N–H and O–H groups in total. The van der Waals surface area contributed by atoms with Gasteiger partial charge in [0.1, 0.15) is 12.0 Å². The van der Waals surface area contributed by atoms with Crippen LogP contribution < -0.4 is 16.4 Å². The minimum Gasteiger partial charge on any atom is -0.393 e. The molecule has 9 heteroatoms. The molecule has 162 valence electrons. The van der Waals surface area contributed by atoms with E-state index in [2.05, 4.69) is 39.3 Å². The zero-order valence-corrected chi connectivity index (χ0v) is 17.3. The fourth-order valence-electron chi connectivity index (χ4n) is 4.12. The van der Waals surface area contributed by atoms with Crippen molar-refractivity contribution in [3.8, 4) is 0 Å². The molecule has 1 aliphatic heterocycles. The highest BCUT2D eigenvalue weighted by Gasteiger charge is 2.27. The number of nitrogens with one attached hydrogen (secondary N) is 2. The Balaban J connectivity index is 1.61. The van der Waals surface area contributed by atoms with Crippen LogP contribution in [0.2, 0.25) is 0 Å². The summed E-state index contributed by atoms with van der Waals surface area (Å²) in [7, 11) is 0. The first-order valence-corrected chi connectivity index (χ1v) is 10.6. The number of hydrogen-bond acceptors (Lipinski definition) is 8. The molecule has 2 heterocycles. The van der Waals surface area contributed by atoms with E-state index in [0.717, 1.165) is 45.2 Å². The van der Waals surface area contributed by atoms with E-state index in [0.29, 0.717) is 24.1 Å². The van der Waals surface area contributed by atoms with Crippen LogP contribution in [0.15, 0.2) is 6.20 Å². The summed E-state index contributed by atoms with van der Waals surface area (Å²) in [5, 5.41) is 26.6. The van der Waals surface area contributed by atoms with Gasteiger partial charge < -0.3 is 26.6 Å². The summed E-state index contributed by atoms with van der Waals surface area (Å²) in [5.74, 6) is 0.753. The van der Waals surface area contributed by atoms with E-state index < -0.39 is 12.1 Å². The Morgan fingerprint density at radius 2 is 1.97 bits per heavy atom. The van der Waals surface area contributed by atoms with Crippen LogP contribution >= 0.6 is 0 Å². The van der Waals surface area contributed by atoms with Crippen molar-refractivity contribution in [3.63, 3.8) is 0 Å². The normalized spacial score (nSPS) is 24.6. The van der Waals surface area contributed by atoms with Crippen LogP contribution in [0, 0.1) is 5.92 Å². The number of nitrogens with two attached hydrogens (primary N) is 1. The third-order valence-corrected chi connectivity index (χ3v) is 5.77. The lowest BCUT2D eigenvalue weighted by Gasteiger charge is -2.36. The summed E-state index contributed by atoms with van der Waals surface area (Å²) in [6.07, 6.45) is 5.50. The Labute approximate surface area is 172 Å². The number of primary amides is 1. The Morgan fingerprint density at radius 3 is 2.55 bits per heavy atom. The predicted molar refractivity (Wildman–Crippen MR) is 111 cm³/mol. The molecule has 0 bridgehead atoms. The van der Waals surface area contributed by atoms with Crippen molar-refractivity contribution in [2.45, 2.75) is 76.8 Å². The maximum Gasteiger partial charge on any atom is 0.254 e. The summed E-state index contributed by atoms with van der Waals surface area (Å²) >= 11 is 0. The van der Waals surface area contributed by atoms with Crippen LogP contribution in [0.1, 0.15) is 62.7 Å². The molecular weight excluding hydrogens is 372 g/mol. The van der Waals surface area contributed by atoms with Crippen molar-refractivity contribution in [2.75, 3.05) is 23.7 Å². The summed E-state index contributed by atoms with van der Waals surface area (Å²) in [4.78, 5) is 22.6. The summed E-state index contributed by atoms with van der Waals surface area (Å²) in [5.41, 5.74) is 5.77. The maximum absolute atomic E-state index is 11.8. The largest absolute Gasteiger partial charge is 0.393 e. The number of aliphatic hydroxyl groups excluding tert-OH is 2. The minimum atomic E-state index is -0.569. The molecule has 9 nitrogen and oxygen atoms in total. The standard InChI is InChI=1S/C20H34N6O3/c1-12(2)9-17(28)26-7-5-13(6-8-26)23-19-16(18(21)29)11-22-20(25-19)24-14-3-4-15(27)10-14/h11-15,17,27-28H,3-10H2,1-2H3,(H2,21,29)(H2,22,23,24,25)/t14-,15-,17?/m1/s1. The van der Waals surface area contributed by atoms with Crippen molar-refractivity contribution in [3.05, 3.63) is 11.8 Å². The number of likely N-dealkylation sites (tertiary alicyclic amines) is 1. The van der Waals surface area contributed by atoms with E-state index in [4.69, 9.17) is 5.73 Å². The van der Waals surface area contributed by atoms with Gasteiger partial charge in [-0.15, -0.1) is 0 Å². The monoisotopic (exact) mass is 406 g/mol. The van der Waals surface area contributed by atoms with E-state index in [1.165, 1.54) is 6.20 Å². The number of anilines is 2. The lowest BCUT2D eigenvalue weighted by atomic mass is 10.0. The molecule has 1 saturated carbocycles. The van der Waals surface area contributed by atoms with Gasteiger partial charge in [0, 0.05) is 31.4 Å². The molecule has 1 saturated heterocycles. The van der Waals surface area contributed by atoms with Gasteiger partial charge in [-0.05, 0) is 44.4 Å². The number of rotatable bonds is 8. The van der Waals surface area contributed by atoms with Crippen molar-refractivity contribution in [1.29, 1.82) is 0 Å². The fourth-order valence-corrected chi connectivity index (χ4v) is 4.12. The van der Waals surface area contributed by atoms with Crippen molar-refractivity contribution >= 4 is 17.7 Å². The Hall–Kier alpha value is -1.97. The molecule has 0 radical (unpaired) electrons. The fraction of sp³-hybridized carbons (Fsp3) is 0.750. The van der Waals surface area contributed by atoms with Crippen LogP contribution in [0.25, 0.3) is 0 Å². The molecule has 2 fully saturated rings. The number of aromatic nitrogens is 2. The van der Waals surface area contributed by atoms with Gasteiger partial charge in [-0.2, -0.15) is 4.98 Å². The number of hydrogen-bond donors (Lipinski definition) is 5. The van der Waals surface area contributed by atoms with Gasteiger partial charge in [-0.1, -0.05) is 13.8 Å². The molecule has 3 rings (SSSR count). The minimum absolute atomic E-state index is 0.128. The molecule has 0 spiro atoms. The second-order valence-corrected chi connectivity index (χ2v) is 8.69. The number of aliphatic hydroxyl groups is 2. The lowest BCUT2D eigenvalue weighted by Crippen LogP contribution is -2.45. The van der Waals surface area contributed by atoms with E-state index in [1.807, 2.05) is 0 Å². The van der Waals surface area contributed by atoms with E-state index in [1.54, 1.807) is 0 Å². The third kappa shape index (κ3) is 6.01. The van der Waals surface area contributed by atoms with Crippen molar-refractivity contribution in [2.24, 2.45) is 11.7 Å². The Morgan fingerprint density at radius 1 is 1.24 bits per heavy atom. The van der Waals surface area contributed by atoms with E-state index in [-0.39, 0.29) is 23.8 Å². The molecule has 1 amide bonds. The summed E-state index contributed by atoms with van der Waals surface area (Å²) in [6, 6.07) is 0.273. The third-order valence-electron chi connectivity index (χ3n) is 5.77. The van der Waals surface area contributed by atoms with Gasteiger partial charge in [0.25, 0.3) is 5.91 Å². The quantitative estimate of drug-likeness (QED) is 0.433. The number of nitrogens with zero attached hydrogens (tertiary/aromatic N) is 3. The summed E-state index contributed by atoms with van der Waals surface area (Å²) < 4.78 is 0. The highest BCUT2D eigenvalue weighted by molar-refractivity contribution is 5.97. The van der Waals surface area contributed by atoms with Crippen LogP contribution in [-0.4, -0.2) is 68.5 Å². The van der Waals surface area contributed by atoms with Gasteiger partial charge in [0.15, 0.2) is 0 Å². The first-order valence-electron chi connectivity index (χ1n) is 10.6. The smallest absolute Gasteiger partial charge is 0.254 e. The summed E-state index contributed by atoms with van der Waals surface area (Å²) in [6.45, 7) is 5.78. The molecule has 0 aromatic carbocycles. The molecule has 3 atom stereocenters. The molecule has 1 aliphatic carbocycles.